The Balaban J connectivity index is 4.01. The first-order chi connectivity index (χ1) is 18.8. The normalized spacial score (nSPS) is 14.3. The molecule has 0 radical (unpaired) electrons. The van der Waals surface area contributed by atoms with Crippen LogP contribution in [0, 0.1) is 0 Å². The second-order valence-electron chi connectivity index (χ2n) is 10.4. The molecule has 0 spiro atoms. The number of amides is 1. The molecule has 0 aromatic rings. The number of nitrogens with one attached hydrogen (secondary N) is 1. The largest absolute Gasteiger partial charge is 0.387 e. The molecule has 0 saturated carbocycles. The standard InChI is InChI=1S/C32H57NO5S/c1-3-5-7-9-11-12-13-14-15-16-17-18-19-20-22-24-26-28-32(35)33-30(29-39(36,37)38)31(34)27-25-23-21-10-8-6-4-2/h5,7,11-12,14-15,25,27,30-31,34H,3-4,6,8-10,13,16-24,26,28-29H2,1-2H3,(H,33,35)(H,36,37,38)/b7-5-,12-11-,15-14-,27-25+. The third-order valence-electron chi connectivity index (χ3n) is 6.51. The van der Waals surface area contributed by atoms with E-state index >= 15 is 0 Å². The van der Waals surface area contributed by atoms with Crippen LogP contribution >= 0.6 is 0 Å². The van der Waals surface area contributed by atoms with Gasteiger partial charge in [0.15, 0.2) is 0 Å². The van der Waals surface area contributed by atoms with Crippen molar-refractivity contribution in [2.24, 2.45) is 0 Å². The minimum atomic E-state index is -4.33. The molecule has 6 nitrogen and oxygen atoms in total. The maximum atomic E-state index is 12.3. The van der Waals surface area contributed by atoms with Crippen LogP contribution < -0.4 is 5.32 Å². The number of hydrogen-bond acceptors (Lipinski definition) is 4. The minimum absolute atomic E-state index is 0.282. The van der Waals surface area contributed by atoms with Crippen molar-refractivity contribution in [3.8, 4) is 0 Å². The molecule has 226 valence electrons. The molecule has 2 atom stereocenters. The van der Waals surface area contributed by atoms with Gasteiger partial charge in [0.05, 0.1) is 17.9 Å². The number of unbranched alkanes of at least 4 members (excludes halogenated alkanes) is 12. The van der Waals surface area contributed by atoms with Crippen molar-refractivity contribution in [2.75, 3.05) is 5.75 Å². The zero-order valence-corrected chi connectivity index (χ0v) is 25.6. The van der Waals surface area contributed by atoms with Gasteiger partial charge in [-0.2, -0.15) is 8.42 Å². The van der Waals surface area contributed by atoms with E-state index in [1.165, 1.54) is 44.6 Å². The van der Waals surface area contributed by atoms with Crippen molar-refractivity contribution in [1.82, 2.24) is 5.32 Å². The van der Waals surface area contributed by atoms with E-state index in [-0.39, 0.29) is 12.3 Å². The molecule has 2 unspecified atom stereocenters. The molecule has 0 aliphatic rings. The van der Waals surface area contributed by atoms with Gasteiger partial charge < -0.3 is 10.4 Å². The summed E-state index contributed by atoms with van der Waals surface area (Å²) in [6.45, 7) is 4.31. The SMILES string of the molecule is CC/C=C\C/C=C\C/C=C\CCCCCCCCCC(=O)NC(CS(=O)(=O)O)C(O)/C=C/CCCCCCC. The third-order valence-corrected chi connectivity index (χ3v) is 7.29. The van der Waals surface area contributed by atoms with E-state index in [0.29, 0.717) is 0 Å². The lowest BCUT2D eigenvalue weighted by Crippen LogP contribution is -2.46. The Morgan fingerprint density at radius 2 is 1.23 bits per heavy atom. The van der Waals surface area contributed by atoms with Crippen LogP contribution in [-0.2, 0) is 14.9 Å². The van der Waals surface area contributed by atoms with E-state index in [2.05, 4.69) is 55.6 Å². The summed E-state index contributed by atoms with van der Waals surface area (Å²) in [6.07, 6.45) is 34.0. The zero-order chi connectivity index (χ0) is 29.0. The molecular formula is C32H57NO5S. The van der Waals surface area contributed by atoms with Crippen molar-refractivity contribution < 1.29 is 22.9 Å². The molecule has 0 aliphatic heterocycles. The van der Waals surface area contributed by atoms with Crippen LogP contribution in [0.2, 0.25) is 0 Å². The van der Waals surface area contributed by atoms with Crippen LogP contribution in [-0.4, -0.2) is 41.9 Å². The van der Waals surface area contributed by atoms with E-state index in [9.17, 15) is 22.9 Å². The van der Waals surface area contributed by atoms with E-state index in [1.54, 1.807) is 0 Å². The molecule has 0 saturated heterocycles. The highest BCUT2D eigenvalue weighted by molar-refractivity contribution is 7.85. The van der Waals surface area contributed by atoms with Gasteiger partial charge in [0, 0.05) is 6.42 Å². The first-order valence-electron chi connectivity index (χ1n) is 15.3. The summed E-state index contributed by atoms with van der Waals surface area (Å²) in [5.41, 5.74) is 0. The Bertz CT molecular complexity index is 801. The molecule has 0 aromatic heterocycles. The highest BCUT2D eigenvalue weighted by atomic mass is 32.2. The lowest BCUT2D eigenvalue weighted by molar-refractivity contribution is -0.122. The number of rotatable bonds is 26. The van der Waals surface area contributed by atoms with Gasteiger partial charge in [0.2, 0.25) is 5.91 Å². The lowest BCUT2D eigenvalue weighted by atomic mass is 10.1. The number of aliphatic hydroxyl groups is 1. The topological polar surface area (TPSA) is 104 Å². The van der Waals surface area contributed by atoms with Gasteiger partial charge in [-0.3, -0.25) is 9.35 Å². The Kier molecular flexibility index (Phi) is 25.4. The van der Waals surface area contributed by atoms with E-state index in [0.717, 1.165) is 70.6 Å². The molecule has 0 bridgehead atoms. The van der Waals surface area contributed by atoms with Crippen molar-refractivity contribution in [3.63, 3.8) is 0 Å². The number of hydrogen-bond donors (Lipinski definition) is 3. The van der Waals surface area contributed by atoms with E-state index < -0.39 is 28.0 Å². The second-order valence-corrected chi connectivity index (χ2v) is 11.8. The Morgan fingerprint density at radius 3 is 1.82 bits per heavy atom. The predicted octanol–water partition coefficient (Wildman–Crippen LogP) is 8.01. The van der Waals surface area contributed by atoms with Crippen molar-refractivity contribution in [2.45, 2.75) is 142 Å². The number of carbonyl (C=O) groups excluding carboxylic acids is 1. The molecule has 0 aromatic carbocycles. The number of aliphatic hydroxyl groups excluding tert-OH is 1. The maximum absolute atomic E-state index is 12.3. The lowest BCUT2D eigenvalue weighted by Gasteiger charge is -2.21. The first kappa shape index (κ1) is 37.3. The van der Waals surface area contributed by atoms with Crippen LogP contribution in [0.3, 0.4) is 0 Å². The summed E-state index contributed by atoms with van der Waals surface area (Å²) in [4.78, 5) is 12.3. The molecule has 1 amide bonds. The highest BCUT2D eigenvalue weighted by Crippen LogP contribution is 2.11. The van der Waals surface area contributed by atoms with Crippen LogP contribution in [0.4, 0.5) is 0 Å². The van der Waals surface area contributed by atoms with Crippen molar-refractivity contribution >= 4 is 16.0 Å². The number of allylic oxidation sites excluding steroid dienone is 7. The van der Waals surface area contributed by atoms with Crippen molar-refractivity contribution in [1.29, 1.82) is 0 Å². The summed E-state index contributed by atoms with van der Waals surface area (Å²) in [7, 11) is -4.33. The van der Waals surface area contributed by atoms with Crippen LogP contribution in [0.1, 0.15) is 129 Å². The van der Waals surface area contributed by atoms with Gasteiger partial charge in [0.1, 0.15) is 0 Å². The smallest absolute Gasteiger partial charge is 0.267 e. The zero-order valence-electron chi connectivity index (χ0n) is 24.7. The Hall–Kier alpha value is -1.70. The van der Waals surface area contributed by atoms with Crippen LogP contribution in [0.5, 0.6) is 0 Å². The van der Waals surface area contributed by atoms with E-state index in [4.69, 9.17) is 0 Å². The minimum Gasteiger partial charge on any atom is -0.387 e. The summed E-state index contributed by atoms with van der Waals surface area (Å²) in [5.74, 6) is -1.00. The van der Waals surface area contributed by atoms with Crippen LogP contribution in [0.25, 0.3) is 0 Å². The molecule has 3 N–H and O–H groups in total. The van der Waals surface area contributed by atoms with Gasteiger partial charge >= 0.3 is 0 Å². The summed E-state index contributed by atoms with van der Waals surface area (Å²) >= 11 is 0. The highest BCUT2D eigenvalue weighted by Gasteiger charge is 2.24. The molecule has 39 heavy (non-hydrogen) atoms. The Labute approximate surface area is 239 Å². The summed E-state index contributed by atoms with van der Waals surface area (Å²) in [5, 5.41) is 13.0. The fourth-order valence-electron chi connectivity index (χ4n) is 4.23. The van der Waals surface area contributed by atoms with Crippen LogP contribution in [0.15, 0.2) is 48.6 Å². The van der Waals surface area contributed by atoms with Gasteiger partial charge in [0.25, 0.3) is 10.1 Å². The molecule has 0 rings (SSSR count). The first-order valence-corrected chi connectivity index (χ1v) is 16.9. The van der Waals surface area contributed by atoms with Gasteiger partial charge in [-0.25, -0.2) is 0 Å². The molecule has 7 heteroatoms. The molecule has 0 fully saturated rings. The predicted molar refractivity (Wildman–Crippen MR) is 165 cm³/mol. The quantitative estimate of drug-likeness (QED) is 0.0558. The van der Waals surface area contributed by atoms with Gasteiger partial charge in [-0.1, -0.05) is 120 Å². The van der Waals surface area contributed by atoms with E-state index in [1.807, 2.05) is 6.08 Å². The third kappa shape index (κ3) is 27.7. The fourth-order valence-corrected chi connectivity index (χ4v) is 4.96. The fraction of sp³-hybridized carbons (Fsp3) is 0.719. The molecular weight excluding hydrogens is 510 g/mol. The monoisotopic (exact) mass is 567 g/mol. The van der Waals surface area contributed by atoms with Gasteiger partial charge in [-0.05, 0) is 51.4 Å². The summed E-state index contributed by atoms with van der Waals surface area (Å²) in [6, 6.07) is -1.06. The maximum Gasteiger partial charge on any atom is 0.267 e. The average molecular weight is 568 g/mol. The van der Waals surface area contributed by atoms with Gasteiger partial charge in [-0.15, -0.1) is 0 Å². The Morgan fingerprint density at radius 1 is 0.718 bits per heavy atom. The number of carbonyl (C=O) groups is 1. The average Bonchev–Trinajstić information content (AvgIpc) is 2.88. The summed E-state index contributed by atoms with van der Waals surface area (Å²) < 4.78 is 32.0. The molecule has 0 aliphatic carbocycles. The molecule has 0 heterocycles. The second kappa shape index (κ2) is 26.5. The van der Waals surface area contributed by atoms with Crippen molar-refractivity contribution in [3.05, 3.63) is 48.6 Å².